The number of rotatable bonds is 10. The summed E-state index contributed by atoms with van der Waals surface area (Å²) < 4.78 is 0. The second-order valence-corrected chi connectivity index (χ2v) is 6.30. The first-order valence-electron chi connectivity index (χ1n) is 8.18. The molecule has 0 aliphatic heterocycles. The van der Waals surface area contributed by atoms with Crippen LogP contribution in [0, 0.1) is 0 Å². The van der Waals surface area contributed by atoms with E-state index in [0.717, 1.165) is 6.54 Å². The second-order valence-electron chi connectivity index (χ2n) is 6.11. The Labute approximate surface area is 139 Å². The van der Waals surface area contributed by atoms with Gasteiger partial charge in [0, 0.05) is 0 Å². The first-order valence-corrected chi connectivity index (χ1v) is 8.56. The van der Waals surface area contributed by atoms with Crippen LogP contribution in [0.3, 0.4) is 0 Å². The van der Waals surface area contributed by atoms with Crippen LogP contribution in [0.15, 0.2) is 0 Å². The van der Waals surface area contributed by atoms with Crippen molar-refractivity contribution in [3.8, 4) is 0 Å². The fourth-order valence-electron chi connectivity index (χ4n) is 1.81. The summed E-state index contributed by atoms with van der Waals surface area (Å²) in [4.78, 5) is 4.55. The fourth-order valence-corrected chi connectivity index (χ4v) is 1.88. The zero-order chi connectivity index (χ0) is 15.1. The van der Waals surface area contributed by atoms with Crippen molar-refractivity contribution in [3.63, 3.8) is 0 Å². The van der Waals surface area contributed by atoms with Crippen molar-refractivity contribution in [2.24, 2.45) is 0 Å². The molecule has 0 aromatic carbocycles. The van der Waals surface area contributed by atoms with Crippen LogP contribution < -0.4 is 22.1 Å². The minimum absolute atomic E-state index is 0. The van der Waals surface area contributed by atoms with Gasteiger partial charge in [0.25, 0.3) is 0 Å². The van der Waals surface area contributed by atoms with Crippen LogP contribution in [0.4, 0.5) is 0 Å². The SMILES string of the molecule is CCCC.CCCC[NH+](CCCC)CC(C)(C)NCl.[Cl-]. The van der Waals surface area contributed by atoms with Crippen molar-refractivity contribution in [1.82, 2.24) is 4.84 Å². The third kappa shape index (κ3) is 18.5. The normalized spacial score (nSPS) is 10.8. The number of unbranched alkanes of at least 4 members (excludes halogenated alkanes) is 3. The maximum absolute atomic E-state index is 5.74. The van der Waals surface area contributed by atoms with E-state index in [-0.39, 0.29) is 17.9 Å². The zero-order valence-electron chi connectivity index (χ0n) is 14.6. The Balaban J connectivity index is -0.000000508. The maximum atomic E-state index is 5.74. The Morgan fingerprint density at radius 3 is 1.50 bits per heavy atom. The van der Waals surface area contributed by atoms with Crippen molar-refractivity contribution >= 4 is 11.8 Å². The molecule has 0 fully saturated rings. The summed E-state index contributed by atoms with van der Waals surface area (Å²) in [6, 6.07) is 0. The average Bonchev–Trinajstić information content (AvgIpc) is 2.42. The smallest absolute Gasteiger partial charge is 0.0962 e. The number of quaternary nitrogens is 1. The molecule has 0 radical (unpaired) electrons. The maximum Gasteiger partial charge on any atom is 0.0962 e. The van der Waals surface area contributed by atoms with E-state index in [2.05, 4.69) is 46.4 Å². The first kappa shape index (κ1) is 25.5. The van der Waals surface area contributed by atoms with Gasteiger partial charge in [0.15, 0.2) is 0 Å². The zero-order valence-corrected chi connectivity index (χ0v) is 16.1. The minimum atomic E-state index is 0. The molecule has 0 spiro atoms. The van der Waals surface area contributed by atoms with Gasteiger partial charge in [-0.1, -0.05) is 53.4 Å². The van der Waals surface area contributed by atoms with Crippen molar-refractivity contribution < 1.29 is 17.3 Å². The standard InChI is InChI=1S/C12H27ClN2.C4H10.ClH/c1-5-7-9-15(10-8-6-2)11-12(3,4)14-13;1-3-4-2;/h14H,5-11H2,1-4H3;3-4H2,1-2H3;1H. The third-order valence-electron chi connectivity index (χ3n) is 3.22. The molecule has 0 saturated heterocycles. The summed E-state index contributed by atoms with van der Waals surface area (Å²) in [5, 5.41) is 0. The lowest BCUT2D eigenvalue weighted by molar-refractivity contribution is -0.904. The van der Waals surface area contributed by atoms with Crippen LogP contribution in [0.5, 0.6) is 0 Å². The van der Waals surface area contributed by atoms with Crippen LogP contribution >= 0.6 is 11.8 Å². The summed E-state index contributed by atoms with van der Waals surface area (Å²) in [5.74, 6) is 0. The number of hydrogen-bond donors (Lipinski definition) is 2. The number of nitrogens with one attached hydrogen (secondary N) is 2. The van der Waals surface area contributed by atoms with Gasteiger partial charge >= 0.3 is 0 Å². The summed E-state index contributed by atoms with van der Waals surface area (Å²) in [7, 11) is 0. The first-order chi connectivity index (χ1) is 8.97. The van der Waals surface area contributed by atoms with Crippen molar-refractivity contribution in [2.45, 2.75) is 85.6 Å². The molecule has 0 heterocycles. The van der Waals surface area contributed by atoms with Crippen molar-refractivity contribution in [2.75, 3.05) is 19.6 Å². The number of hydrogen-bond acceptors (Lipinski definition) is 1. The molecule has 0 aromatic heterocycles. The highest BCUT2D eigenvalue weighted by Gasteiger charge is 2.22. The third-order valence-corrected chi connectivity index (χ3v) is 3.73. The van der Waals surface area contributed by atoms with Crippen molar-refractivity contribution in [3.05, 3.63) is 0 Å². The lowest BCUT2D eigenvalue weighted by atomic mass is 10.1. The van der Waals surface area contributed by atoms with Gasteiger partial charge in [-0.05, 0) is 38.5 Å². The Hall–Kier alpha value is 0.500. The molecule has 2 N–H and O–H groups in total. The Bertz CT molecular complexity index is 166. The van der Waals surface area contributed by atoms with Crippen LogP contribution in [0.25, 0.3) is 0 Å². The molecule has 0 unspecified atom stereocenters. The summed E-state index contributed by atoms with van der Waals surface area (Å²) in [6.07, 6.45) is 7.84. The summed E-state index contributed by atoms with van der Waals surface area (Å²) in [5.41, 5.74) is 0.0401. The van der Waals surface area contributed by atoms with E-state index in [1.165, 1.54) is 51.6 Å². The van der Waals surface area contributed by atoms with E-state index in [1.807, 2.05) is 0 Å². The highest BCUT2D eigenvalue weighted by Crippen LogP contribution is 1.99. The molecule has 2 nitrogen and oxygen atoms in total. The monoisotopic (exact) mass is 328 g/mol. The molecule has 0 amide bonds. The molecular weight excluding hydrogens is 291 g/mol. The molecule has 4 heteroatoms. The van der Waals surface area contributed by atoms with E-state index in [0.29, 0.717) is 0 Å². The number of halogens is 2. The van der Waals surface area contributed by atoms with E-state index in [4.69, 9.17) is 11.8 Å². The summed E-state index contributed by atoms with van der Waals surface area (Å²) in [6.45, 7) is 16.9. The fraction of sp³-hybridized carbons (Fsp3) is 1.00. The largest absolute Gasteiger partial charge is 1.00 e. The highest BCUT2D eigenvalue weighted by molar-refractivity contribution is 6.13. The van der Waals surface area contributed by atoms with Gasteiger partial charge in [-0.15, -0.1) is 0 Å². The molecule has 0 aliphatic carbocycles. The second kappa shape index (κ2) is 17.6. The average molecular weight is 329 g/mol. The quantitative estimate of drug-likeness (QED) is 0.567. The van der Waals surface area contributed by atoms with Gasteiger partial charge in [-0.25, -0.2) is 4.84 Å². The molecule has 0 aromatic rings. The topological polar surface area (TPSA) is 16.5 Å². The molecule has 0 saturated carbocycles. The van der Waals surface area contributed by atoms with Crippen LogP contribution in [0.1, 0.15) is 80.1 Å². The van der Waals surface area contributed by atoms with E-state index in [1.54, 1.807) is 4.90 Å². The highest BCUT2D eigenvalue weighted by atomic mass is 35.5. The lowest BCUT2D eigenvalue weighted by Crippen LogP contribution is -3.14. The van der Waals surface area contributed by atoms with Gasteiger partial charge in [0.2, 0.25) is 0 Å². The van der Waals surface area contributed by atoms with E-state index >= 15 is 0 Å². The Morgan fingerprint density at radius 1 is 0.850 bits per heavy atom. The van der Waals surface area contributed by atoms with Gasteiger partial charge in [0.1, 0.15) is 0 Å². The predicted molar refractivity (Wildman–Crippen MR) is 89.0 cm³/mol. The molecule has 0 rings (SSSR count). The lowest BCUT2D eigenvalue weighted by Gasteiger charge is -2.28. The molecule has 0 bridgehead atoms. The van der Waals surface area contributed by atoms with Gasteiger partial charge in [0.05, 0.1) is 25.2 Å². The molecule has 0 aliphatic rings. The Morgan fingerprint density at radius 2 is 1.25 bits per heavy atom. The minimum Gasteiger partial charge on any atom is -1.00 e. The van der Waals surface area contributed by atoms with E-state index in [9.17, 15) is 0 Å². The Kier molecular flexibility index (Phi) is 22.3. The van der Waals surface area contributed by atoms with Crippen LogP contribution in [0.2, 0.25) is 0 Å². The predicted octanol–water partition coefficient (Wildman–Crippen LogP) is 0.804. The molecule has 126 valence electrons. The van der Waals surface area contributed by atoms with Crippen LogP contribution in [-0.2, 0) is 0 Å². The van der Waals surface area contributed by atoms with Gasteiger partial charge in [-0.2, -0.15) is 0 Å². The molecule has 0 atom stereocenters. The van der Waals surface area contributed by atoms with Gasteiger partial charge in [-0.3, -0.25) is 0 Å². The molecule has 20 heavy (non-hydrogen) atoms. The van der Waals surface area contributed by atoms with Gasteiger partial charge < -0.3 is 17.3 Å². The summed E-state index contributed by atoms with van der Waals surface area (Å²) >= 11 is 5.74. The molecular formula is C16H38Cl2N2. The van der Waals surface area contributed by atoms with Crippen molar-refractivity contribution in [1.29, 1.82) is 0 Å². The van der Waals surface area contributed by atoms with E-state index < -0.39 is 0 Å². The van der Waals surface area contributed by atoms with Crippen LogP contribution in [-0.4, -0.2) is 25.2 Å².